The summed E-state index contributed by atoms with van der Waals surface area (Å²) in [6.45, 7) is 1.61. The topological polar surface area (TPSA) is 112 Å². The molecule has 0 spiro atoms. The summed E-state index contributed by atoms with van der Waals surface area (Å²) in [5.74, 6) is -0.153. The summed E-state index contributed by atoms with van der Waals surface area (Å²) in [5.41, 5.74) is 1.19. The molecule has 0 aliphatic heterocycles. The summed E-state index contributed by atoms with van der Waals surface area (Å²) in [7, 11) is 5.72. The number of nitrogens with one attached hydrogen (secondary N) is 2. The molecule has 3 aromatic rings. The Hall–Kier alpha value is -4.05. The van der Waals surface area contributed by atoms with Crippen molar-refractivity contribution in [1.82, 2.24) is 0 Å². The number of rotatable bonds is 8. The molecule has 2 N–H and O–H groups in total. The van der Waals surface area contributed by atoms with Crippen molar-refractivity contribution in [2.75, 3.05) is 39.1 Å². The van der Waals surface area contributed by atoms with Crippen molar-refractivity contribution < 1.29 is 33.3 Å². The highest BCUT2D eigenvalue weighted by Crippen LogP contribution is 2.36. The molecule has 0 aliphatic rings. The molecular weight excluding hydrogens is 460 g/mol. The van der Waals surface area contributed by atoms with Crippen LogP contribution in [0.15, 0.2) is 42.5 Å². The van der Waals surface area contributed by atoms with Crippen molar-refractivity contribution in [3.8, 4) is 17.2 Å². The average molecular weight is 485 g/mol. The molecule has 0 aliphatic carbocycles. The van der Waals surface area contributed by atoms with Gasteiger partial charge in [0.1, 0.15) is 22.2 Å². The molecule has 0 bridgehead atoms. The molecule has 1 heterocycles. The summed E-state index contributed by atoms with van der Waals surface area (Å²) in [5, 5.41) is 5.68. The number of methoxy groups -OCH3 is 4. The number of thiophene rings is 1. The Balaban J connectivity index is 1.96. The Morgan fingerprint density at radius 3 is 2.18 bits per heavy atom. The van der Waals surface area contributed by atoms with E-state index in [-0.39, 0.29) is 15.4 Å². The zero-order valence-corrected chi connectivity index (χ0v) is 20.1. The van der Waals surface area contributed by atoms with Crippen LogP contribution in [-0.2, 0) is 4.74 Å². The van der Waals surface area contributed by atoms with Gasteiger partial charge in [0.2, 0.25) is 0 Å². The Bertz CT molecular complexity index is 1240. The Kier molecular flexibility index (Phi) is 7.75. The van der Waals surface area contributed by atoms with E-state index >= 15 is 0 Å². The van der Waals surface area contributed by atoms with E-state index in [1.165, 1.54) is 28.4 Å². The highest BCUT2D eigenvalue weighted by molar-refractivity contribution is 7.19. The summed E-state index contributed by atoms with van der Waals surface area (Å²) >= 11 is 0.965. The molecule has 0 fully saturated rings. The smallest absolute Gasteiger partial charge is 0.341 e. The van der Waals surface area contributed by atoms with Gasteiger partial charge >= 0.3 is 5.97 Å². The van der Waals surface area contributed by atoms with E-state index in [0.717, 1.165) is 11.3 Å². The fourth-order valence-corrected chi connectivity index (χ4v) is 4.28. The first-order valence-electron chi connectivity index (χ1n) is 10.0. The van der Waals surface area contributed by atoms with Crippen molar-refractivity contribution in [2.24, 2.45) is 0 Å². The number of hydrogen-bond acceptors (Lipinski definition) is 8. The van der Waals surface area contributed by atoms with Gasteiger partial charge < -0.3 is 29.6 Å². The molecule has 178 valence electrons. The second kappa shape index (κ2) is 10.7. The zero-order valence-electron chi connectivity index (χ0n) is 19.3. The fourth-order valence-electron chi connectivity index (χ4n) is 3.20. The van der Waals surface area contributed by atoms with Crippen LogP contribution in [0.25, 0.3) is 0 Å². The van der Waals surface area contributed by atoms with Gasteiger partial charge in [-0.25, -0.2) is 4.79 Å². The minimum Gasteiger partial charge on any atom is -0.497 e. The maximum atomic E-state index is 13.1. The molecule has 0 atom stereocenters. The summed E-state index contributed by atoms with van der Waals surface area (Å²) < 4.78 is 20.6. The quantitative estimate of drug-likeness (QED) is 0.457. The van der Waals surface area contributed by atoms with Crippen LogP contribution in [0, 0.1) is 6.92 Å². The van der Waals surface area contributed by atoms with E-state index in [2.05, 4.69) is 10.6 Å². The number of esters is 1. The first-order valence-corrected chi connectivity index (χ1v) is 10.8. The van der Waals surface area contributed by atoms with Crippen LogP contribution in [0.3, 0.4) is 0 Å². The number of carbonyl (C=O) groups excluding carboxylic acids is 3. The van der Waals surface area contributed by atoms with Gasteiger partial charge in [0, 0.05) is 11.6 Å². The van der Waals surface area contributed by atoms with E-state index in [1.807, 2.05) is 0 Å². The van der Waals surface area contributed by atoms with Crippen LogP contribution in [0.5, 0.6) is 17.2 Å². The van der Waals surface area contributed by atoms with Gasteiger partial charge in [-0.05, 0) is 42.8 Å². The van der Waals surface area contributed by atoms with E-state index in [1.54, 1.807) is 49.4 Å². The second-order valence-electron chi connectivity index (χ2n) is 6.96. The number of amides is 2. The monoisotopic (exact) mass is 484 g/mol. The Morgan fingerprint density at radius 2 is 1.53 bits per heavy atom. The third-order valence-electron chi connectivity index (χ3n) is 4.96. The molecule has 2 amide bonds. The lowest BCUT2D eigenvalue weighted by Crippen LogP contribution is -2.14. The van der Waals surface area contributed by atoms with Crippen molar-refractivity contribution in [3.05, 3.63) is 64.0 Å². The van der Waals surface area contributed by atoms with Gasteiger partial charge in [-0.1, -0.05) is 6.07 Å². The molecule has 0 saturated heterocycles. The van der Waals surface area contributed by atoms with Gasteiger partial charge in [-0.3, -0.25) is 9.59 Å². The fraction of sp³-hybridized carbons (Fsp3) is 0.208. The van der Waals surface area contributed by atoms with Crippen LogP contribution >= 0.6 is 11.3 Å². The zero-order chi connectivity index (χ0) is 24.8. The van der Waals surface area contributed by atoms with Gasteiger partial charge in [-0.15, -0.1) is 11.3 Å². The number of anilines is 2. The first kappa shape index (κ1) is 24.6. The second-order valence-corrected chi connectivity index (χ2v) is 7.98. The standard InChI is InChI=1S/C24H24N2O7S/c1-13-19(24(29)33-5)23(26-21(27)14-7-6-8-15(11-14)30-2)34-20(13)22(28)25-17-12-16(31-3)9-10-18(17)32-4/h6-12H,1-5H3,(H,25,28)(H,26,27). The Labute approximate surface area is 200 Å². The lowest BCUT2D eigenvalue weighted by Gasteiger charge is -2.11. The molecule has 0 radical (unpaired) electrons. The van der Waals surface area contributed by atoms with Crippen LogP contribution < -0.4 is 24.8 Å². The minimum absolute atomic E-state index is 0.103. The van der Waals surface area contributed by atoms with Crippen molar-refractivity contribution >= 4 is 39.8 Å². The molecule has 3 rings (SSSR count). The summed E-state index contributed by atoms with van der Waals surface area (Å²) in [6.07, 6.45) is 0. The SMILES string of the molecule is COC(=O)c1c(NC(=O)c2cccc(OC)c2)sc(C(=O)Nc2cc(OC)ccc2OC)c1C. The van der Waals surface area contributed by atoms with E-state index < -0.39 is 17.8 Å². The summed E-state index contributed by atoms with van der Waals surface area (Å²) in [4.78, 5) is 38.7. The first-order chi connectivity index (χ1) is 16.3. The maximum absolute atomic E-state index is 13.1. The van der Waals surface area contributed by atoms with E-state index in [4.69, 9.17) is 18.9 Å². The van der Waals surface area contributed by atoms with Crippen molar-refractivity contribution in [1.29, 1.82) is 0 Å². The highest BCUT2D eigenvalue weighted by atomic mass is 32.1. The lowest BCUT2D eigenvalue weighted by molar-refractivity contribution is 0.0601. The van der Waals surface area contributed by atoms with Gasteiger partial charge in [0.05, 0.1) is 44.6 Å². The van der Waals surface area contributed by atoms with Crippen LogP contribution in [0.2, 0.25) is 0 Å². The van der Waals surface area contributed by atoms with E-state index in [0.29, 0.717) is 34.1 Å². The highest BCUT2D eigenvalue weighted by Gasteiger charge is 2.27. The lowest BCUT2D eigenvalue weighted by atomic mass is 10.1. The minimum atomic E-state index is -0.673. The van der Waals surface area contributed by atoms with Crippen molar-refractivity contribution in [2.45, 2.75) is 6.92 Å². The molecule has 9 nitrogen and oxygen atoms in total. The molecule has 0 saturated carbocycles. The maximum Gasteiger partial charge on any atom is 0.341 e. The average Bonchev–Trinajstić information content (AvgIpc) is 3.18. The predicted molar refractivity (Wildman–Crippen MR) is 129 cm³/mol. The third-order valence-corrected chi connectivity index (χ3v) is 6.16. The van der Waals surface area contributed by atoms with Crippen LogP contribution in [0.1, 0.15) is 36.0 Å². The molecule has 1 aromatic heterocycles. The molecule has 2 aromatic carbocycles. The van der Waals surface area contributed by atoms with Gasteiger partial charge in [-0.2, -0.15) is 0 Å². The predicted octanol–water partition coefficient (Wildman–Crippen LogP) is 4.37. The van der Waals surface area contributed by atoms with E-state index in [9.17, 15) is 14.4 Å². The molecule has 0 unspecified atom stereocenters. The molecule has 10 heteroatoms. The van der Waals surface area contributed by atoms with Gasteiger partial charge in [0.25, 0.3) is 11.8 Å². The van der Waals surface area contributed by atoms with Crippen molar-refractivity contribution in [3.63, 3.8) is 0 Å². The van der Waals surface area contributed by atoms with Crippen LogP contribution in [0.4, 0.5) is 10.7 Å². The number of ether oxygens (including phenoxy) is 4. The molecular formula is C24H24N2O7S. The number of hydrogen-bond donors (Lipinski definition) is 2. The number of carbonyl (C=O) groups is 3. The largest absolute Gasteiger partial charge is 0.497 e. The molecule has 34 heavy (non-hydrogen) atoms. The normalized spacial score (nSPS) is 10.3. The van der Waals surface area contributed by atoms with Crippen LogP contribution in [-0.4, -0.2) is 46.2 Å². The number of benzene rings is 2. The summed E-state index contributed by atoms with van der Waals surface area (Å²) in [6, 6.07) is 11.5. The van der Waals surface area contributed by atoms with Gasteiger partial charge in [0.15, 0.2) is 0 Å². The third kappa shape index (κ3) is 5.12. The Morgan fingerprint density at radius 1 is 0.824 bits per heavy atom.